The van der Waals surface area contributed by atoms with Gasteiger partial charge in [-0.1, -0.05) is 6.07 Å². The van der Waals surface area contributed by atoms with Crippen molar-refractivity contribution in [3.63, 3.8) is 0 Å². The Morgan fingerprint density at radius 2 is 1.87 bits per heavy atom. The van der Waals surface area contributed by atoms with Crippen molar-refractivity contribution < 1.29 is 17.9 Å². The zero-order valence-corrected chi connectivity index (χ0v) is 13.3. The number of hydrogen-bond donors (Lipinski definition) is 3. The van der Waals surface area contributed by atoms with E-state index in [2.05, 4.69) is 4.72 Å². The van der Waals surface area contributed by atoms with Crippen LogP contribution in [-0.4, -0.2) is 20.9 Å². The second kappa shape index (κ2) is 7.12. The van der Waals surface area contributed by atoms with Gasteiger partial charge in [-0.3, -0.25) is 14.9 Å². The summed E-state index contributed by atoms with van der Waals surface area (Å²) in [5.74, 6) is 5.13. The first-order chi connectivity index (χ1) is 11.0. The van der Waals surface area contributed by atoms with E-state index in [1.807, 2.05) is 12.3 Å². The highest BCUT2D eigenvalue weighted by Crippen LogP contribution is 2.20. The lowest BCUT2D eigenvalue weighted by Gasteiger charge is -2.10. The van der Waals surface area contributed by atoms with Gasteiger partial charge in [-0.15, -0.1) is 0 Å². The number of hydrazine groups is 1. The Balaban J connectivity index is 2.23. The van der Waals surface area contributed by atoms with Crippen LogP contribution in [0, 0.1) is 0 Å². The van der Waals surface area contributed by atoms with Crippen molar-refractivity contribution in [3.05, 3.63) is 54.1 Å². The molecular weight excluding hydrogens is 318 g/mol. The zero-order chi connectivity index (χ0) is 16.9. The van der Waals surface area contributed by atoms with Crippen LogP contribution in [0.1, 0.15) is 17.3 Å². The molecule has 0 heterocycles. The maximum absolute atomic E-state index is 12.4. The predicted molar refractivity (Wildman–Crippen MR) is 86.5 cm³/mol. The molecule has 0 radical (unpaired) electrons. The lowest BCUT2D eigenvalue weighted by Crippen LogP contribution is -2.30. The van der Waals surface area contributed by atoms with Gasteiger partial charge in [-0.25, -0.2) is 14.3 Å². The highest BCUT2D eigenvalue weighted by molar-refractivity contribution is 7.92. The van der Waals surface area contributed by atoms with Crippen molar-refractivity contribution in [2.75, 3.05) is 11.3 Å². The summed E-state index contributed by atoms with van der Waals surface area (Å²) in [6.07, 6.45) is 0. The first kappa shape index (κ1) is 16.8. The summed E-state index contributed by atoms with van der Waals surface area (Å²) in [6.45, 7) is 2.39. The van der Waals surface area contributed by atoms with Gasteiger partial charge in [0.2, 0.25) is 0 Å². The molecule has 2 aromatic rings. The number of carbonyl (C=O) groups is 1. The minimum absolute atomic E-state index is 0.0347. The number of hydrogen-bond acceptors (Lipinski definition) is 5. The number of nitrogens with two attached hydrogens (primary N) is 1. The van der Waals surface area contributed by atoms with Crippen molar-refractivity contribution in [2.45, 2.75) is 11.8 Å². The van der Waals surface area contributed by atoms with Crippen molar-refractivity contribution in [2.24, 2.45) is 5.84 Å². The molecule has 8 heteroatoms. The van der Waals surface area contributed by atoms with Gasteiger partial charge in [0.15, 0.2) is 0 Å². The lowest BCUT2D eigenvalue weighted by molar-refractivity contribution is 0.0953. The maximum Gasteiger partial charge on any atom is 0.265 e. The lowest BCUT2D eigenvalue weighted by atomic mass is 10.2. The molecule has 0 fully saturated rings. The van der Waals surface area contributed by atoms with Crippen LogP contribution in [0.5, 0.6) is 5.75 Å². The SMILES string of the molecule is CCOc1ccc(NS(=O)(=O)c2cccc(C(=O)NN)c2)cc1. The third-order valence-corrected chi connectivity index (χ3v) is 4.33. The van der Waals surface area contributed by atoms with Crippen molar-refractivity contribution in [3.8, 4) is 5.75 Å². The van der Waals surface area contributed by atoms with E-state index in [-0.39, 0.29) is 10.5 Å². The number of nitrogen functional groups attached to an aromatic ring is 1. The molecule has 2 rings (SSSR count). The molecule has 0 aliphatic rings. The molecule has 1 amide bonds. The average molecular weight is 335 g/mol. The van der Waals surface area contributed by atoms with Crippen LogP contribution in [0.3, 0.4) is 0 Å². The molecule has 4 N–H and O–H groups in total. The molecule has 0 aliphatic heterocycles. The summed E-state index contributed by atoms with van der Waals surface area (Å²) in [5, 5.41) is 0. The van der Waals surface area contributed by atoms with Gasteiger partial charge in [-0.2, -0.15) is 0 Å². The molecule has 7 nitrogen and oxygen atoms in total. The van der Waals surface area contributed by atoms with Gasteiger partial charge in [0.05, 0.1) is 11.5 Å². The van der Waals surface area contributed by atoms with Gasteiger partial charge in [-0.05, 0) is 49.4 Å². The highest BCUT2D eigenvalue weighted by atomic mass is 32.2. The van der Waals surface area contributed by atoms with Gasteiger partial charge < -0.3 is 4.74 Å². The molecule has 0 atom stereocenters. The number of rotatable bonds is 6. The van der Waals surface area contributed by atoms with Gasteiger partial charge in [0.1, 0.15) is 5.75 Å². The Bertz CT molecular complexity index is 789. The van der Waals surface area contributed by atoms with Crippen LogP contribution in [0.15, 0.2) is 53.4 Å². The summed E-state index contributed by atoms with van der Waals surface area (Å²) >= 11 is 0. The average Bonchev–Trinajstić information content (AvgIpc) is 2.56. The van der Waals surface area contributed by atoms with Crippen LogP contribution < -0.4 is 20.7 Å². The van der Waals surface area contributed by atoms with Gasteiger partial charge in [0, 0.05) is 11.3 Å². The molecule has 0 bridgehead atoms. The van der Waals surface area contributed by atoms with E-state index in [0.717, 1.165) is 0 Å². The quantitative estimate of drug-likeness (QED) is 0.421. The Morgan fingerprint density at radius 1 is 1.17 bits per heavy atom. The van der Waals surface area contributed by atoms with E-state index in [4.69, 9.17) is 10.6 Å². The largest absolute Gasteiger partial charge is 0.494 e. The Morgan fingerprint density at radius 3 is 2.48 bits per heavy atom. The van der Waals surface area contributed by atoms with Crippen molar-refractivity contribution >= 4 is 21.6 Å². The molecule has 0 spiro atoms. The number of anilines is 1. The number of carbonyl (C=O) groups excluding carboxylic acids is 1. The summed E-state index contributed by atoms with van der Waals surface area (Å²) in [4.78, 5) is 11.4. The smallest absolute Gasteiger partial charge is 0.265 e. The Kier molecular flexibility index (Phi) is 5.20. The second-order valence-corrected chi connectivity index (χ2v) is 6.25. The molecule has 0 saturated carbocycles. The Hall–Kier alpha value is -2.58. The standard InChI is InChI=1S/C15H17N3O4S/c1-2-22-13-8-6-12(7-9-13)18-23(20,21)14-5-3-4-11(10-14)15(19)17-16/h3-10,18H,2,16H2,1H3,(H,17,19). The number of nitrogens with one attached hydrogen (secondary N) is 2. The number of amides is 1. The fraction of sp³-hybridized carbons (Fsp3) is 0.133. The molecular formula is C15H17N3O4S. The minimum Gasteiger partial charge on any atom is -0.494 e. The minimum atomic E-state index is -3.81. The highest BCUT2D eigenvalue weighted by Gasteiger charge is 2.16. The normalized spacial score (nSPS) is 10.9. The van der Waals surface area contributed by atoms with E-state index in [0.29, 0.717) is 18.0 Å². The number of sulfonamides is 1. The molecule has 122 valence electrons. The molecule has 0 aromatic heterocycles. The van der Waals surface area contributed by atoms with E-state index in [1.54, 1.807) is 24.3 Å². The van der Waals surface area contributed by atoms with Crippen molar-refractivity contribution in [1.82, 2.24) is 5.43 Å². The third-order valence-electron chi connectivity index (χ3n) is 2.96. The van der Waals surface area contributed by atoms with Gasteiger partial charge in [0.25, 0.3) is 15.9 Å². The summed E-state index contributed by atoms with van der Waals surface area (Å²) in [7, 11) is -3.81. The van der Waals surface area contributed by atoms with Gasteiger partial charge >= 0.3 is 0 Å². The molecule has 23 heavy (non-hydrogen) atoms. The van der Waals surface area contributed by atoms with E-state index in [1.165, 1.54) is 24.3 Å². The van der Waals surface area contributed by atoms with Crippen molar-refractivity contribution in [1.29, 1.82) is 0 Å². The first-order valence-electron chi connectivity index (χ1n) is 6.83. The fourth-order valence-electron chi connectivity index (χ4n) is 1.89. The summed E-state index contributed by atoms with van der Waals surface area (Å²) in [6, 6.07) is 12.1. The van der Waals surface area contributed by atoms with Crippen LogP contribution >= 0.6 is 0 Å². The molecule has 0 aliphatic carbocycles. The fourth-order valence-corrected chi connectivity index (χ4v) is 2.99. The van der Waals surface area contributed by atoms with Crippen LogP contribution in [-0.2, 0) is 10.0 Å². The maximum atomic E-state index is 12.4. The summed E-state index contributed by atoms with van der Waals surface area (Å²) < 4.78 is 32.5. The topological polar surface area (TPSA) is 111 Å². The van der Waals surface area contributed by atoms with E-state index in [9.17, 15) is 13.2 Å². The third kappa shape index (κ3) is 4.21. The van der Waals surface area contributed by atoms with Crippen LogP contribution in [0.4, 0.5) is 5.69 Å². The second-order valence-electron chi connectivity index (χ2n) is 4.56. The molecule has 0 unspecified atom stereocenters. The monoisotopic (exact) mass is 335 g/mol. The van der Waals surface area contributed by atoms with E-state index < -0.39 is 15.9 Å². The molecule has 0 saturated heterocycles. The summed E-state index contributed by atoms with van der Waals surface area (Å²) in [5.41, 5.74) is 2.51. The zero-order valence-electron chi connectivity index (χ0n) is 12.4. The Labute approximate surface area is 134 Å². The number of benzene rings is 2. The van der Waals surface area contributed by atoms with E-state index >= 15 is 0 Å². The van der Waals surface area contributed by atoms with Crippen LogP contribution in [0.25, 0.3) is 0 Å². The predicted octanol–water partition coefficient (Wildman–Crippen LogP) is 1.49. The molecule has 2 aromatic carbocycles. The number of ether oxygens (including phenoxy) is 1. The van der Waals surface area contributed by atoms with Crippen LogP contribution in [0.2, 0.25) is 0 Å². The first-order valence-corrected chi connectivity index (χ1v) is 8.31.